The van der Waals surface area contributed by atoms with E-state index in [1.54, 1.807) is 7.11 Å². The first kappa shape index (κ1) is 13.8. The lowest BCUT2D eigenvalue weighted by atomic mass is 9.96. The van der Waals surface area contributed by atoms with Crippen molar-refractivity contribution in [2.45, 2.75) is 44.2 Å². The number of nitrogens with two attached hydrogens (primary N) is 1. The first-order valence-electron chi connectivity index (χ1n) is 6.39. The van der Waals surface area contributed by atoms with Crippen LogP contribution in [0.25, 0.3) is 0 Å². The van der Waals surface area contributed by atoms with Crippen LogP contribution in [0, 0.1) is 0 Å². The minimum Gasteiger partial charge on any atom is -0.370 e. The van der Waals surface area contributed by atoms with Crippen molar-refractivity contribution in [3.05, 3.63) is 11.7 Å². The Balaban J connectivity index is 2.24. The molecule has 0 amide bonds. The summed E-state index contributed by atoms with van der Waals surface area (Å²) in [5, 5.41) is 4.10. The molecule has 1 aromatic rings. The van der Waals surface area contributed by atoms with Gasteiger partial charge in [0.2, 0.25) is 11.7 Å². The second-order valence-electron chi connectivity index (χ2n) is 4.67. The molecule has 0 aromatic carbocycles. The number of methoxy groups -OCH3 is 1. The molecule has 0 aliphatic carbocycles. The predicted molar refractivity (Wildman–Crippen MR) is 71.6 cm³/mol. The van der Waals surface area contributed by atoms with Gasteiger partial charge in [0, 0.05) is 24.7 Å². The fraction of sp³-hybridized carbons (Fsp3) is 0.833. The van der Waals surface area contributed by atoms with Gasteiger partial charge in [0.15, 0.2) is 0 Å². The Morgan fingerprint density at radius 2 is 2.17 bits per heavy atom. The van der Waals surface area contributed by atoms with Gasteiger partial charge >= 0.3 is 0 Å². The quantitative estimate of drug-likeness (QED) is 0.881. The Hall–Kier alpha value is -0.590. The molecular weight excluding hydrogens is 250 g/mol. The highest BCUT2D eigenvalue weighted by Gasteiger charge is 2.36. The van der Waals surface area contributed by atoms with Crippen molar-refractivity contribution < 1.29 is 9.26 Å². The van der Waals surface area contributed by atoms with Crippen molar-refractivity contribution in [2.24, 2.45) is 5.73 Å². The number of hydrogen-bond donors (Lipinski definition) is 1. The van der Waals surface area contributed by atoms with E-state index in [0.717, 1.165) is 24.3 Å². The van der Waals surface area contributed by atoms with Gasteiger partial charge in [-0.1, -0.05) is 19.0 Å². The molecule has 0 spiro atoms. The third kappa shape index (κ3) is 2.29. The fourth-order valence-corrected chi connectivity index (χ4v) is 3.63. The second-order valence-corrected chi connectivity index (χ2v) is 5.74. The van der Waals surface area contributed by atoms with Crippen molar-refractivity contribution >= 4 is 11.8 Å². The van der Waals surface area contributed by atoms with E-state index in [1.807, 2.05) is 11.8 Å². The molecule has 18 heavy (non-hydrogen) atoms. The number of thioether (sulfide) groups is 1. The summed E-state index contributed by atoms with van der Waals surface area (Å²) in [6, 6.07) is 0.114. The molecule has 2 heterocycles. The smallest absolute Gasteiger partial charge is 0.232 e. The maximum atomic E-state index is 6.05. The van der Waals surface area contributed by atoms with E-state index in [1.165, 1.54) is 0 Å². The maximum absolute atomic E-state index is 6.05. The van der Waals surface area contributed by atoms with Crippen LogP contribution in [0.2, 0.25) is 0 Å². The van der Waals surface area contributed by atoms with Gasteiger partial charge in [-0.15, -0.1) is 0 Å². The summed E-state index contributed by atoms with van der Waals surface area (Å²) in [5.41, 5.74) is 5.61. The SMILES string of the molecule is CCC(CC)(OC)c1noc(C2CSCC2N)n1. The van der Waals surface area contributed by atoms with E-state index in [9.17, 15) is 0 Å². The molecular formula is C12H21N3O2S. The van der Waals surface area contributed by atoms with Crippen LogP contribution >= 0.6 is 11.8 Å². The standard InChI is InChI=1S/C12H21N3O2S/c1-4-12(5-2,16-3)11-14-10(17-15-11)8-6-18-7-9(8)13/h8-9H,4-7,13H2,1-3H3. The molecule has 6 heteroatoms. The summed E-state index contributed by atoms with van der Waals surface area (Å²) in [7, 11) is 1.69. The van der Waals surface area contributed by atoms with Gasteiger partial charge in [-0.05, 0) is 12.8 Å². The molecule has 5 nitrogen and oxygen atoms in total. The summed E-state index contributed by atoms with van der Waals surface area (Å²) in [4.78, 5) is 4.53. The number of ether oxygens (including phenoxy) is 1. The molecule has 1 saturated heterocycles. The normalized spacial score (nSPS) is 24.7. The van der Waals surface area contributed by atoms with E-state index in [4.69, 9.17) is 15.0 Å². The van der Waals surface area contributed by atoms with Crippen LogP contribution in [0.1, 0.15) is 44.3 Å². The van der Waals surface area contributed by atoms with Crippen LogP contribution in [-0.4, -0.2) is 34.8 Å². The van der Waals surface area contributed by atoms with Gasteiger partial charge in [0.1, 0.15) is 5.60 Å². The summed E-state index contributed by atoms with van der Waals surface area (Å²) < 4.78 is 11.0. The fourth-order valence-electron chi connectivity index (χ4n) is 2.34. The van der Waals surface area contributed by atoms with E-state index < -0.39 is 5.60 Å². The van der Waals surface area contributed by atoms with Crippen molar-refractivity contribution in [1.82, 2.24) is 10.1 Å². The minimum atomic E-state index is -0.433. The molecule has 2 rings (SSSR count). The van der Waals surface area contributed by atoms with Crippen LogP contribution in [-0.2, 0) is 10.3 Å². The molecule has 2 unspecified atom stereocenters. The third-order valence-electron chi connectivity index (χ3n) is 3.82. The average Bonchev–Trinajstić information content (AvgIpc) is 3.01. The lowest BCUT2D eigenvalue weighted by Crippen LogP contribution is -2.29. The van der Waals surface area contributed by atoms with Crippen LogP contribution < -0.4 is 5.73 Å². The number of hydrogen-bond acceptors (Lipinski definition) is 6. The highest BCUT2D eigenvalue weighted by atomic mass is 32.2. The van der Waals surface area contributed by atoms with Crippen molar-refractivity contribution in [2.75, 3.05) is 18.6 Å². The van der Waals surface area contributed by atoms with E-state index >= 15 is 0 Å². The molecule has 102 valence electrons. The van der Waals surface area contributed by atoms with Gasteiger partial charge in [-0.2, -0.15) is 16.7 Å². The minimum absolute atomic E-state index is 0.114. The summed E-state index contributed by atoms with van der Waals surface area (Å²) in [5.74, 6) is 3.40. The number of aromatic nitrogens is 2. The predicted octanol–water partition coefficient (Wildman–Crippen LogP) is 1.89. The first-order chi connectivity index (χ1) is 8.66. The van der Waals surface area contributed by atoms with E-state index in [2.05, 4.69) is 24.0 Å². The highest BCUT2D eigenvalue weighted by molar-refractivity contribution is 7.99. The molecule has 1 aromatic heterocycles. The van der Waals surface area contributed by atoms with Gasteiger partial charge in [0.05, 0.1) is 5.92 Å². The van der Waals surface area contributed by atoms with E-state index in [0.29, 0.717) is 11.7 Å². The van der Waals surface area contributed by atoms with Crippen LogP contribution in [0.5, 0.6) is 0 Å². The van der Waals surface area contributed by atoms with Gasteiger partial charge in [-0.3, -0.25) is 0 Å². The zero-order valence-electron chi connectivity index (χ0n) is 11.2. The largest absolute Gasteiger partial charge is 0.370 e. The number of nitrogens with zero attached hydrogens (tertiary/aromatic N) is 2. The second kappa shape index (κ2) is 5.59. The number of rotatable bonds is 5. The Morgan fingerprint density at radius 3 is 2.67 bits per heavy atom. The Kier molecular flexibility index (Phi) is 4.29. The van der Waals surface area contributed by atoms with Crippen molar-refractivity contribution in [3.63, 3.8) is 0 Å². The van der Waals surface area contributed by atoms with Gasteiger partial charge in [0.25, 0.3) is 0 Å². The van der Waals surface area contributed by atoms with Gasteiger partial charge in [-0.25, -0.2) is 0 Å². The maximum Gasteiger partial charge on any atom is 0.232 e. The van der Waals surface area contributed by atoms with Crippen LogP contribution in [0.4, 0.5) is 0 Å². The molecule has 0 bridgehead atoms. The van der Waals surface area contributed by atoms with Crippen LogP contribution in [0.15, 0.2) is 4.52 Å². The monoisotopic (exact) mass is 271 g/mol. The lowest BCUT2D eigenvalue weighted by Gasteiger charge is -2.25. The third-order valence-corrected chi connectivity index (χ3v) is 5.04. The molecule has 2 atom stereocenters. The van der Waals surface area contributed by atoms with Gasteiger partial charge < -0.3 is 15.0 Å². The molecule has 0 radical (unpaired) electrons. The zero-order chi connectivity index (χ0) is 13.2. The highest BCUT2D eigenvalue weighted by Crippen LogP contribution is 2.34. The Bertz CT molecular complexity index is 384. The first-order valence-corrected chi connectivity index (χ1v) is 7.55. The van der Waals surface area contributed by atoms with E-state index in [-0.39, 0.29) is 12.0 Å². The van der Waals surface area contributed by atoms with Crippen molar-refractivity contribution in [3.8, 4) is 0 Å². The van der Waals surface area contributed by atoms with Crippen molar-refractivity contribution in [1.29, 1.82) is 0 Å². The molecule has 1 aliphatic heterocycles. The Morgan fingerprint density at radius 1 is 1.44 bits per heavy atom. The molecule has 1 fully saturated rings. The molecule has 2 N–H and O–H groups in total. The zero-order valence-corrected chi connectivity index (χ0v) is 12.0. The topological polar surface area (TPSA) is 74.2 Å². The molecule has 0 saturated carbocycles. The Labute approximate surface area is 112 Å². The summed E-state index contributed by atoms with van der Waals surface area (Å²) >= 11 is 1.84. The summed E-state index contributed by atoms with van der Waals surface area (Å²) in [6.45, 7) is 4.14. The summed E-state index contributed by atoms with van der Waals surface area (Å²) in [6.07, 6.45) is 1.65. The van der Waals surface area contributed by atoms with Crippen LogP contribution in [0.3, 0.4) is 0 Å². The lowest BCUT2D eigenvalue weighted by molar-refractivity contribution is -0.0306. The average molecular weight is 271 g/mol. The molecule has 1 aliphatic rings.